The second-order valence-electron chi connectivity index (χ2n) is 9.27. The molecule has 5 aromatic rings. The van der Waals surface area contributed by atoms with Crippen LogP contribution >= 0.6 is 27.3 Å². The summed E-state index contributed by atoms with van der Waals surface area (Å²) in [5, 5.41) is 12.9. The van der Waals surface area contributed by atoms with Crippen LogP contribution in [0, 0.1) is 0 Å². The maximum Gasteiger partial charge on any atom is 0.271 e. The topological polar surface area (TPSA) is 114 Å². The second-order valence-corrected chi connectivity index (χ2v) is 11.0. The van der Waals surface area contributed by atoms with Crippen molar-refractivity contribution in [3.8, 4) is 22.8 Å². The third kappa shape index (κ3) is 8.30. The first-order valence-corrected chi connectivity index (χ1v) is 15.3. The number of carbonyl (C=O) groups excluding carboxylic acids is 2. The number of hydrogen-bond acceptors (Lipinski definition) is 8. The van der Waals surface area contributed by atoms with E-state index in [0.29, 0.717) is 39.4 Å². The first-order valence-electron chi connectivity index (χ1n) is 13.6. The molecule has 1 heterocycles. The summed E-state index contributed by atoms with van der Waals surface area (Å²) in [7, 11) is 0. The maximum absolute atomic E-state index is 12.7. The zero-order valence-electron chi connectivity index (χ0n) is 23.6. The summed E-state index contributed by atoms with van der Waals surface area (Å²) in [5.41, 5.74) is 7.03. The highest BCUT2D eigenvalue weighted by atomic mass is 79.9. The zero-order chi connectivity index (χ0) is 30.7. The van der Waals surface area contributed by atoms with Crippen LogP contribution in [0.25, 0.3) is 11.3 Å². The van der Waals surface area contributed by atoms with Crippen LogP contribution in [-0.2, 0) is 4.79 Å². The van der Waals surface area contributed by atoms with Crippen LogP contribution in [0.15, 0.2) is 112 Å². The summed E-state index contributed by atoms with van der Waals surface area (Å²) in [6.45, 7) is 2.03. The van der Waals surface area contributed by atoms with Crippen molar-refractivity contribution >= 4 is 61.8 Å². The number of hydrogen-bond donors (Lipinski definition) is 3. The van der Waals surface area contributed by atoms with E-state index in [1.807, 2.05) is 73.0 Å². The standard InChI is InChI=1S/C33H28BrN5O4S/c1-2-42-29-18-22(17-27(34)31(29)43-20-30(40)36-25-9-5-3-6-10-25)19-35-39-32(41)24-15-13-23(14-16-24)28-21-44-33(38-28)37-26-11-7-4-8-12-26/h3-19,21H,2,20H2,1H3,(H,36,40)(H,37,38)(H,39,41)/b35-19+. The summed E-state index contributed by atoms with van der Waals surface area (Å²) in [6.07, 6.45) is 1.50. The molecule has 0 fully saturated rings. The van der Waals surface area contributed by atoms with Crippen molar-refractivity contribution in [3.05, 3.63) is 118 Å². The number of nitrogens with zero attached hydrogens (tertiary/aromatic N) is 2. The highest BCUT2D eigenvalue weighted by Gasteiger charge is 2.14. The third-order valence-electron chi connectivity index (χ3n) is 6.09. The first-order chi connectivity index (χ1) is 21.5. The number of hydrazone groups is 1. The Labute approximate surface area is 267 Å². The molecule has 0 atom stereocenters. The number of para-hydroxylation sites is 2. The molecule has 0 aliphatic heterocycles. The molecule has 0 bridgehead atoms. The molecule has 0 radical (unpaired) electrons. The van der Waals surface area contributed by atoms with E-state index in [2.05, 4.69) is 42.1 Å². The van der Waals surface area contributed by atoms with Gasteiger partial charge in [-0.2, -0.15) is 5.10 Å². The Morgan fingerprint density at radius 3 is 2.34 bits per heavy atom. The molecule has 3 N–H and O–H groups in total. The van der Waals surface area contributed by atoms with Crippen LogP contribution in [0.5, 0.6) is 11.5 Å². The van der Waals surface area contributed by atoms with E-state index in [9.17, 15) is 9.59 Å². The predicted molar refractivity (Wildman–Crippen MR) is 178 cm³/mol. The molecule has 44 heavy (non-hydrogen) atoms. The van der Waals surface area contributed by atoms with Gasteiger partial charge in [0.2, 0.25) is 0 Å². The van der Waals surface area contributed by atoms with Gasteiger partial charge in [0.1, 0.15) is 0 Å². The third-order valence-corrected chi connectivity index (χ3v) is 7.44. The van der Waals surface area contributed by atoms with Crippen LogP contribution < -0.4 is 25.5 Å². The Bertz CT molecular complexity index is 1750. The van der Waals surface area contributed by atoms with Gasteiger partial charge in [0, 0.05) is 27.9 Å². The largest absolute Gasteiger partial charge is 0.490 e. The molecule has 0 unspecified atom stereocenters. The highest BCUT2D eigenvalue weighted by Crippen LogP contribution is 2.36. The van der Waals surface area contributed by atoms with E-state index in [1.54, 1.807) is 36.4 Å². The molecule has 0 aliphatic carbocycles. The normalized spacial score (nSPS) is 10.8. The van der Waals surface area contributed by atoms with Crippen LogP contribution in [0.2, 0.25) is 0 Å². The molecule has 1 aromatic heterocycles. The molecule has 9 nitrogen and oxygen atoms in total. The maximum atomic E-state index is 12.7. The monoisotopic (exact) mass is 669 g/mol. The van der Waals surface area contributed by atoms with Crippen molar-refractivity contribution in [3.63, 3.8) is 0 Å². The fourth-order valence-corrected chi connectivity index (χ4v) is 5.37. The smallest absolute Gasteiger partial charge is 0.271 e. The number of rotatable bonds is 12. The van der Waals surface area contributed by atoms with Gasteiger partial charge in [-0.3, -0.25) is 9.59 Å². The number of anilines is 3. The highest BCUT2D eigenvalue weighted by molar-refractivity contribution is 9.10. The molecule has 0 saturated heterocycles. The number of carbonyl (C=O) groups is 2. The van der Waals surface area contributed by atoms with E-state index in [1.165, 1.54) is 17.6 Å². The van der Waals surface area contributed by atoms with Crippen molar-refractivity contribution < 1.29 is 19.1 Å². The van der Waals surface area contributed by atoms with Gasteiger partial charge in [0.15, 0.2) is 23.2 Å². The van der Waals surface area contributed by atoms with Gasteiger partial charge >= 0.3 is 0 Å². The Hall–Kier alpha value is -5.00. The Kier molecular flexibility index (Phi) is 10.3. The lowest BCUT2D eigenvalue weighted by Crippen LogP contribution is -2.20. The lowest BCUT2D eigenvalue weighted by Gasteiger charge is -2.14. The van der Waals surface area contributed by atoms with Gasteiger partial charge in [-0.25, -0.2) is 10.4 Å². The summed E-state index contributed by atoms with van der Waals surface area (Å²) < 4.78 is 12.1. The molecule has 4 aromatic carbocycles. The Morgan fingerprint density at radius 2 is 1.64 bits per heavy atom. The number of halogens is 1. The van der Waals surface area contributed by atoms with Crippen molar-refractivity contribution in [2.45, 2.75) is 6.92 Å². The van der Waals surface area contributed by atoms with E-state index in [-0.39, 0.29) is 18.4 Å². The van der Waals surface area contributed by atoms with Gasteiger partial charge in [0.05, 0.1) is 23.0 Å². The number of ether oxygens (including phenoxy) is 2. The quantitative estimate of drug-likeness (QED) is 0.0937. The van der Waals surface area contributed by atoms with E-state index < -0.39 is 0 Å². The van der Waals surface area contributed by atoms with Gasteiger partial charge in [-0.05, 0) is 76.9 Å². The molecule has 2 amide bonds. The van der Waals surface area contributed by atoms with E-state index >= 15 is 0 Å². The van der Waals surface area contributed by atoms with E-state index in [4.69, 9.17) is 9.47 Å². The summed E-state index contributed by atoms with van der Waals surface area (Å²) >= 11 is 5.00. The lowest BCUT2D eigenvalue weighted by atomic mass is 10.1. The van der Waals surface area contributed by atoms with Gasteiger partial charge in [0.25, 0.3) is 11.8 Å². The van der Waals surface area contributed by atoms with Gasteiger partial charge < -0.3 is 20.1 Å². The van der Waals surface area contributed by atoms with Gasteiger partial charge in [-0.1, -0.05) is 48.5 Å². The predicted octanol–water partition coefficient (Wildman–Crippen LogP) is 7.50. The minimum Gasteiger partial charge on any atom is -0.490 e. The minimum atomic E-state index is -0.356. The summed E-state index contributed by atoms with van der Waals surface area (Å²) in [6, 6.07) is 29.6. The molecule has 5 rings (SSSR count). The molecular weight excluding hydrogens is 642 g/mol. The van der Waals surface area contributed by atoms with Crippen molar-refractivity contribution in [1.82, 2.24) is 10.4 Å². The Balaban J connectivity index is 1.17. The van der Waals surface area contributed by atoms with Crippen molar-refractivity contribution in [2.75, 3.05) is 23.8 Å². The fraction of sp³-hybridized carbons (Fsp3) is 0.0909. The van der Waals surface area contributed by atoms with E-state index in [0.717, 1.165) is 22.1 Å². The average Bonchev–Trinajstić information content (AvgIpc) is 3.50. The number of thiazole rings is 1. The number of aromatic nitrogens is 1. The number of nitrogens with one attached hydrogen (secondary N) is 3. The molecule has 0 spiro atoms. The first kappa shape index (κ1) is 30.5. The lowest BCUT2D eigenvalue weighted by molar-refractivity contribution is -0.118. The van der Waals surface area contributed by atoms with Crippen molar-refractivity contribution in [1.29, 1.82) is 0 Å². The summed E-state index contributed by atoms with van der Waals surface area (Å²) in [5.74, 6) is 0.163. The molecule has 0 saturated carbocycles. The molecule has 0 aliphatic rings. The zero-order valence-corrected chi connectivity index (χ0v) is 26.0. The second kappa shape index (κ2) is 14.9. The molecule has 222 valence electrons. The Morgan fingerprint density at radius 1 is 0.932 bits per heavy atom. The molecular formula is C33H28BrN5O4S. The van der Waals surface area contributed by atoms with Gasteiger partial charge in [-0.15, -0.1) is 11.3 Å². The minimum absolute atomic E-state index is 0.204. The SMILES string of the molecule is CCOc1cc(/C=N/NC(=O)c2ccc(-c3csc(Nc4ccccc4)n3)cc2)cc(Br)c1OCC(=O)Nc1ccccc1. The van der Waals surface area contributed by atoms with Crippen LogP contribution in [0.4, 0.5) is 16.5 Å². The van der Waals surface area contributed by atoms with Crippen molar-refractivity contribution in [2.24, 2.45) is 5.10 Å². The van der Waals surface area contributed by atoms with Crippen LogP contribution in [0.1, 0.15) is 22.8 Å². The van der Waals surface area contributed by atoms with Crippen LogP contribution in [0.3, 0.4) is 0 Å². The van der Waals surface area contributed by atoms with Crippen LogP contribution in [-0.4, -0.2) is 36.2 Å². The molecule has 11 heteroatoms. The number of amides is 2. The summed E-state index contributed by atoms with van der Waals surface area (Å²) in [4.78, 5) is 29.7. The fourth-order valence-electron chi connectivity index (χ4n) is 4.05. The average molecular weight is 671 g/mol. The number of benzene rings is 4.